The predicted molar refractivity (Wildman–Crippen MR) is 77.6 cm³/mol. The standard InChI is InChI=1S/C13H23O3PS/c1-10(2)15-17(14,16-11(3)4)9-12(5)13-7-6-8-18-13/h6-8,10-12H,9H2,1-5H3. The molecule has 0 radical (unpaired) electrons. The van der Waals surface area contributed by atoms with Crippen LogP contribution in [0.15, 0.2) is 17.5 Å². The third-order valence-electron chi connectivity index (χ3n) is 2.27. The van der Waals surface area contributed by atoms with Gasteiger partial charge in [-0.25, -0.2) is 0 Å². The molecule has 3 nitrogen and oxygen atoms in total. The molecule has 5 heteroatoms. The molecule has 1 rings (SSSR count). The predicted octanol–water partition coefficient (Wildman–Crippen LogP) is 4.89. The van der Waals surface area contributed by atoms with Gasteiger partial charge in [0.1, 0.15) is 0 Å². The number of thiophene rings is 1. The summed E-state index contributed by atoms with van der Waals surface area (Å²) in [5.41, 5.74) is 0. The minimum Gasteiger partial charge on any atom is -0.306 e. The summed E-state index contributed by atoms with van der Waals surface area (Å²) >= 11 is 1.68. The second-order valence-corrected chi connectivity index (χ2v) is 8.01. The third kappa shape index (κ3) is 5.23. The molecule has 0 N–H and O–H groups in total. The van der Waals surface area contributed by atoms with Gasteiger partial charge >= 0.3 is 7.60 Å². The Kier molecular flexibility index (Phi) is 6.06. The van der Waals surface area contributed by atoms with Crippen molar-refractivity contribution in [3.8, 4) is 0 Å². The van der Waals surface area contributed by atoms with Gasteiger partial charge in [-0.2, -0.15) is 0 Å². The normalized spacial score (nSPS) is 14.4. The van der Waals surface area contributed by atoms with Crippen LogP contribution in [0.1, 0.15) is 45.4 Å². The molecule has 1 atom stereocenters. The van der Waals surface area contributed by atoms with Crippen molar-refractivity contribution in [2.24, 2.45) is 0 Å². The SMILES string of the molecule is CC(C)OP(=O)(CC(C)c1cccs1)OC(C)C. The zero-order valence-electron chi connectivity index (χ0n) is 11.8. The highest BCUT2D eigenvalue weighted by Gasteiger charge is 2.30. The maximum absolute atomic E-state index is 12.7. The lowest BCUT2D eigenvalue weighted by Crippen LogP contribution is -2.12. The van der Waals surface area contributed by atoms with Gasteiger partial charge in [0.2, 0.25) is 0 Å². The molecule has 0 fully saturated rings. The first kappa shape index (κ1) is 15.9. The molecule has 1 aromatic rings. The summed E-state index contributed by atoms with van der Waals surface area (Å²) in [6.45, 7) is 9.59. The van der Waals surface area contributed by atoms with Crippen LogP contribution in [-0.4, -0.2) is 18.4 Å². The summed E-state index contributed by atoms with van der Waals surface area (Å²) in [6, 6.07) is 4.07. The number of hydrogen-bond acceptors (Lipinski definition) is 4. The maximum atomic E-state index is 12.7. The minimum absolute atomic E-state index is 0.0925. The first-order valence-corrected chi connectivity index (χ1v) is 8.92. The lowest BCUT2D eigenvalue weighted by molar-refractivity contribution is 0.142. The van der Waals surface area contributed by atoms with Crippen LogP contribution < -0.4 is 0 Å². The largest absolute Gasteiger partial charge is 0.331 e. The van der Waals surface area contributed by atoms with Gasteiger partial charge in [0.15, 0.2) is 0 Å². The first-order chi connectivity index (χ1) is 8.32. The Balaban J connectivity index is 2.75. The summed E-state index contributed by atoms with van der Waals surface area (Å²) < 4.78 is 23.8. The van der Waals surface area contributed by atoms with E-state index in [0.29, 0.717) is 6.16 Å². The molecular formula is C13H23O3PS. The van der Waals surface area contributed by atoms with Crippen molar-refractivity contribution in [3.63, 3.8) is 0 Å². The highest BCUT2D eigenvalue weighted by atomic mass is 32.1. The Labute approximate surface area is 114 Å². The van der Waals surface area contributed by atoms with Crippen molar-refractivity contribution >= 4 is 18.9 Å². The Morgan fingerprint density at radius 3 is 2.11 bits per heavy atom. The van der Waals surface area contributed by atoms with Crippen LogP contribution >= 0.6 is 18.9 Å². The van der Waals surface area contributed by atoms with E-state index in [4.69, 9.17) is 9.05 Å². The fourth-order valence-electron chi connectivity index (χ4n) is 1.75. The van der Waals surface area contributed by atoms with E-state index in [-0.39, 0.29) is 18.1 Å². The highest BCUT2D eigenvalue weighted by Crippen LogP contribution is 2.53. The van der Waals surface area contributed by atoms with Crippen LogP contribution in [-0.2, 0) is 13.6 Å². The van der Waals surface area contributed by atoms with E-state index in [1.807, 2.05) is 39.1 Å². The molecule has 104 valence electrons. The Hall–Kier alpha value is -0.150. The average Bonchev–Trinajstić information content (AvgIpc) is 2.65. The zero-order chi connectivity index (χ0) is 13.8. The fraction of sp³-hybridized carbons (Fsp3) is 0.692. The van der Waals surface area contributed by atoms with Gasteiger partial charge in [-0.05, 0) is 39.1 Å². The second kappa shape index (κ2) is 6.85. The molecule has 1 aromatic heterocycles. The van der Waals surface area contributed by atoms with Gasteiger partial charge in [0.05, 0.1) is 18.4 Å². The summed E-state index contributed by atoms with van der Waals surface area (Å²) in [5, 5.41) is 2.03. The van der Waals surface area contributed by atoms with E-state index >= 15 is 0 Å². The monoisotopic (exact) mass is 290 g/mol. The van der Waals surface area contributed by atoms with Gasteiger partial charge in [0, 0.05) is 10.8 Å². The smallest absolute Gasteiger partial charge is 0.306 e. The summed E-state index contributed by atoms with van der Waals surface area (Å²) in [6.07, 6.45) is 0.249. The molecule has 0 spiro atoms. The summed E-state index contributed by atoms with van der Waals surface area (Å²) in [7, 11) is -3.02. The van der Waals surface area contributed by atoms with E-state index in [1.165, 1.54) is 4.88 Å². The van der Waals surface area contributed by atoms with Gasteiger partial charge in [0.25, 0.3) is 0 Å². The lowest BCUT2D eigenvalue weighted by Gasteiger charge is -2.24. The average molecular weight is 290 g/mol. The third-order valence-corrected chi connectivity index (χ3v) is 5.85. The first-order valence-electron chi connectivity index (χ1n) is 6.31. The van der Waals surface area contributed by atoms with Gasteiger partial charge < -0.3 is 9.05 Å². The van der Waals surface area contributed by atoms with Crippen LogP contribution in [0.5, 0.6) is 0 Å². The Bertz CT molecular complexity index is 373. The van der Waals surface area contributed by atoms with Crippen molar-refractivity contribution in [3.05, 3.63) is 22.4 Å². The topological polar surface area (TPSA) is 35.5 Å². The van der Waals surface area contributed by atoms with Crippen LogP contribution in [0.4, 0.5) is 0 Å². The zero-order valence-corrected chi connectivity index (χ0v) is 13.5. The molecule has 0 bridgehead atoms. The van der Waals surface area contributed by atoms with E-state index in [0.717, 1.165) is 0 Å². The van der Waals surface area contributed by atoms with Gasteiger partial charge in [-0.1, -0.05) is 13.0 Å². The molecule has 1 heterocycles. The number of hydrogen-bond donors (Lipinski definition) is 0. The van der Waals surface area contributed by atoms with Gasteiger partial charge in [-0.3, -0.25) is 4.57 Å². The van der Waals surface area contributed by atoms with Crippen molar-refractivity contribution in [1.82, 2.24) is 0 Å². The van der Waals surface area contributed by atoms with Crippen LogP contribution in [0.25, 0.3) is 0 Å². The molecule has 0 saturated heterocycles. The number of rotatable bonds is 7. The van der Waals surface area contributed by atoms with Crippen LogP contribution in [0.2, 0.25) is 0 Å². The molecule has 0 amide bonds. The quantitative estimate of drug-likeness (QED) is 0.670. The van der Waals surface area contributed by atoms with Crippen molar-refractivity contribution in [1.29, 1.82) is 0 Å². The molecule has 0 aromatic carbocycles. The highest BCUT2D eigenvalue weighted by molar-refractivity contribution is 7.53. The Morgan fingerprint density at radius 1 is 1.17 bits per heavy atom. The lowest BCUT2D eigenvalue weighted by atomic mass is 10.2. The maximum Gasteiger partial charge on any atom is 0.331 e. The minimum atomic E-state index is -3.02. The second-order valence-electron chi connectivity index (χ2n) is 5.02. The van der Waals surface area contributed by atoms with E-state index in [1.54, 1.807) is 11.3 Å². The van der Waals surface area contributed by atoms with Gasteiger partial charge in [-0.15, -0.1) is 11.3 Å². The van der Waals surface area contributed by atoms with Crippen molar-refractivity contribution in [2.45, 2.75) is 52.7 Å². The molecule has 0 aliphatic carbocycles. The molecular weight excluding hydrogens is 267 g/mol. The van der Waals surface area contributed by atoms with E-state index < -0.39 is 7.60 Å². The summed E-state index contributed by atoms with van der Waals surface area (Å²) in [4.78, 5) is 1.22. The van der Waals surface area contributed by atoms with E-state index in [2.05, 4.69) is 13.0 Å². The Morgan fingerprint density at radius 2 is 1.72 bits per heavy atom. The molecule has 18 heavy (non-hydrogen) atoms. The summed E-state index contributed by atoms with van der Waals surface area (Å²) in [5.74, 6) is 0.188. The van der Waals surface area contributed by atoms with Crippen LogP contribution in [0, 0.1) is 0 Å². The van der Waals surface area contributed by atoms with E-state index in [9.17, 15) is 4.57 Å². The molecule has 0 saturated carbocycles. The molecule has 0 aliphatic heterocycles. The van der Waals surface area contributed by atoms with Crippen molar-refractivity contribution < 1.29 is 13.6 Å². The molecule has 0 aliphatic rings. The van der Waals surface area contributed by atoms with Crippen molar-refractivity contribution in [2.75, 3.05) is 6.16 Å². The molecule has 1 unspecified atom stereocenters. The van der Waals surface area contributed by atoms with Crippen LogP contribution in [0.3, 0.4) is 0 Å². The fourth-order valence-corrected chi connectivity index (χ4v) is 5.04.